The average molecular weight is 369 g/mol. The Morgan fingerprint density at radius 2 is 1.89 bits per heavy atom. The van der Waals surface area contributed by atoms with Crippen molar-refractivity contribution in [3.8, 4) is 0 Å². The third-order valence-corrected chi connectivity index (χ3v) is 5.57. The Balaban J connectivity index is 1.71. The van der Waals surface area contributed by atoms with E-state index in [2.05, 4.69) is 58.9 Å². The van der Waals surface area contributed by atoms with E-state index in [1.165, 1.54) is 31.2 Å². The fourth-order valence-corrected chi connectivity index (χ4v) is 3.50. The van der Waals surface area contributed by atoms with Gasteiger partial charge in [-0.15, -0.1) is 10.2 Å². The van der Waals surface area contributed by atoms with Gasteiger partial charge >= 0.3 is 0 Å². The minimum absolute atomic E-state index is 0.182. The first-order chi connectivity index (χ1) is 13.0. The van der Waals surface area contributed by atoms with Gasteiger partial charge in [-0.05, 0) is 51.0 Å². The van der Waals surface area contributed by atoms with E-state index < -0.39 is 0 Å². The van der Waals surface area contributed by atoms with Gasteiger partial charge in [0.1, 0.15) is 12.4 Å². The number of aryl methyl sites for hydroxylation is 1. The third-order valence-electron chi connectivity index (χ3n) is 5.57. The molecule has 3 rings (SSSR count). The second kappa shape index (κ2) is 9.02. The van der Waals surface area contributed by atoms with Crippen molar-refractivity contribution in [3.05, 3.63) is 47.5 Å². The maximum absolute atomic E-state index is 4.82. The maximum Gasteiger partial charge on any atom is 0.192 e. The molecule has 0 aliphatic heterocycles. The van der Waals surface area contributed by atoms with Crippen LogP contribution < -0.4 is 10.6 Å². The van der Waals surface area contributed by atoms with Crippen LogP contribution in [-0.2, 0) is 13.6 Å². The summed E-state index contributed by atoms with van der Waals surface area (Å²) in [7, 11) is 1.98. The fraction of sp³-hybridized carbons (Fsp3) is 0.571. The van der Waals surface area contributed by atoms with Gasteiger partial charge in [0.15, 0.2) is 11.8 Å². The van der Waals surface area contributed by atoms with Crippen LogP contribution in [0.1, 0.15) is 62.8 Å². The Morgan fingerprint density at radius 1 is 1.19 bits per heavy atom. The lowest BCUT2D eigenvalue weighted by molar-refractivity contribution is 0.328. The van der Waals surface area contributed by atoms with Crippen LogP contribution in [0.2, 0.25) is 0 Å². The van der Waals surface area contributed by atoms with Crippen molar-refractivity contribution in [1.29, 1.82) is 0 Å². The lowest BCUT2D eigenvalue weighted by atomic mass is 9.87. The quantitative estimate of drug-likeness (QED) is 0.626. The number of nitrogens with one attached hydrogen (secondary N) is 2. The van der Waals surface area contributed by atoms with Gasteiger partial charge in [0.2, 0.25) is 0 Å². The van der Waals surface area contributed by atoms with Crippen molar-refractivity contribution in [2.75, 3.05) is 0 Å². The summed E-state index contributed by atoms with van der Waals surface area (Å²) in [5.41, 5.74) is 1.25. The molecule has 2 N–H and O–H groups in total. The van der Waals surface area contributed by atoms with Gasteiger partial charge in [-0.25, -0.2) is 4.99 Å². The minimum atomic E-state index is 0.182. The van der Waals surface area contributed by atoms with Crippen LogP contribution in [-0.4, -0.2) is 26.8 Å². The summed E-state index contributed by atoms with van der Waals surface area (Å²) in [5, 5.41) is 15.6. The lowest BCUT2D eigenvalue weighted by Gasteiger charge is -2.29. The van der Waals surface area contributed by atoms with Gasteiger partial charge < -0.3 is 15.2 Å². The lowest BCUT2D eigenvalue weighted by Crippen LogP contribution is -2.45. The summed E-state index contributed by atoms with van der Waals surface area (Å²) < 4.78 is 1.99. The molecule has 1 aromatic heterocycles. The number of aliphatic imine (C=N–C) groups is 1. The Bertz CT molecular complexity index is 743. The smallest absolute Gasteiger partial charge is 0.192 e. The first-order valence-corrected chi connectivity index (χ1v) is 10.00. The standard InChI is InChI=1S/C21H32N6/c1-15-10-12-19(13-11-15)24-21(22-14-20-26-25-17(3)27(20)4)23-16(2)18-8-6-5-7-9-18/h5-9,15-16,19H,10-14H2,1-4H3,(H2,22,23,24). The van der Waals surface area contributed by atoms with Crippen molar-refractivity contribution in [3.63, 3.8) is 0 Å². The Hall–Kier alpha value is -2.37. The molecular formula is C21H32N6. The minimum Gasteiger partial charge on any atom is -0.354 e. The zero-order valence-corrected chi connectivity index (χ0v) is 16.9. The predicted octanol–water partition coefficient (Wildman–Crippen LogP) is 3.50. The van der Waals surface area contributed by atoms with E-state index in [1.54, 1.807) is 0 Å². The molecule has 1 saturated carbocycles. The summed E-state index contributed by atoms with van der Waals surface area (Å²) in [6.07, 6.45) is 4.96. The number of rotatable bonds is 5. The summed E-state index contributed by atoms with van der Waals surface area (Å²) >= 11 is 0. The molecule has 1 atom stereocenters. The molecule has 1 aliphatic carbocycles. The summed E-state index contributed by atoms with van der Waals surface area (Å²) in [6.45, 7) is 6.98. The van der Waals surface area contributed by atoms with Gasteiger partial charge in [0.05, 0.1) is 6.04 Å². The Kier molecular flexibility index (Phi) is 6.48. The van der Waals surface area contributed by atoms with Crippen molar-refractivity contribution in [1.82, 2.24) is 25.4 Å². The highest BCUT2D eigenvalue weighted by atomic mass is 15.3. The molecule has 6 heteroatoms. The SMILES string of the molecule is Cc1nnc(CN=C(NC2CCC(C)CC2)NC(C)c2ccccc2)n1C. The van der Waals surface area contributed by atoms with Crippen molar-refractivity contribution < 1.29 is 0 Å². The Morgan fingerprint density at radius 3 is 2.52 bits per heavy atom. The predicted molar refractivity (Wildman–Crippen MR) is 109 cm³/mol. The van der Waals surface area contributed by atoms with E-state index in [4.69, 9.17) is 4.99 Å². The monoisotopic (exact) mass is 368 g/mol. The number of benzene rings is 1. The van der Waals surface area contributed by atoms with Crippen LogP contribution >= 0.6 is 0 Å². The van der Waals surface area contributed by atoms with Crippen molar-refractivity contribution in [2.24, 2.45) is 18.0 Å². The topological polar surface area (TPSA) is 67.1 Å². The second-order valence-electron chi connectivity index (χ2n) is 7.77. The van der Waals surface area contributed by atoms with Gasteiger partial charge in [0.25, 0.3) is 0 Å². The summed E-state index contributed by atoms with van der Waals surface area (Å²) in [6, 6.07) is 11.1. The average Bonchev–Trinajstić information content (AvgIpc) is 3.00. The van der Waals surface area contributed by atoms with Crippen LogP contribution in [0, 0.1) is 12.8 Å². The number of nitrogens with zero attached hydrogens (tertiary/aromatic N) is 4. The van der Waals surface area contributed by atoms with Crippen LogP contribution in [0.25, 0.3) is 0 Å². The summed E-state index contributed by atoms with van der Waals surface area (Å²) in [5.74, 6) is 3.47. The summed E-state index contributed by atoms with van der Waals surface area (Å²) in [4.78, 5) is 4.82. The van der Waals surface area contributed by atoms with E-state index >= 15 is 0 Å². The third kappa shape index (κ3) is 5.31. The van der Waals surface area contributed by atoms with E-state index in [-0.39, 0.29) is 6.04 Å². The van der Waals surface area contributed by atoms with Crippen LogP contribution in [0.3, 0.4) is 0 Å². The van der Waals surface area contributed by atoms with Gasteiger partial charge in [0, 0.05) is 13.1 Å². The second-order valence-corrected chi connectivity index (χ2v) is 7.77. The molecule has 0 bridgehead atoms. The van der Waals surface area contributed by atoms with Crippen LogP contribution in [0.15, 0.2) is 35.3 Å². The largest absolute Gasteiger partial charge is 0.354 e. The van der Waals surface area contributed by atoms with E-state index in [1.807, 2.05) is 24.6 Å². The highest BCUT2D eigenvalue weighted by Gasteiger charge is 2.20. The van der Waals surface area contributed by atoms with Gasteiger partial charge in [-0.3, -0.25) is 0 Å². The maximum atomic E-state index is 4.82. The number of hydrogen-bond donors (Lipinski definition) is 2. The number of aromatic nitrogens is 3. The molecule has 2 aromatic rings. The number of guanidine groups is 1. The molecule has 0 amide bonds. The van der Waals surface area contributed by atoms with E-state index in [0.29, 0.717) is 12.6 Å². The van der Waals surface area contributed by atoms with Gasteiger partial charge in [-0.1, -0.05) is 37.3 Å². The molecule has 6 nitrogen and oxygen atoms in total. The van der Waals surface area contributed by atoms with E-state index in [0.717, 1.165) is 23.5 Å². The first kappa shape index (κ1) is 19.4. The highest BCUT2D eigenvalue weighted by molar-refractivity contribution is 5.80. The molecule has 1 heterocycles. The molecule has 1 fully saturated rings. The number of hydrogen-bond acceptors (Lipinski definition) is 3. The highest BCUT2D eigenvalue weighted by Crippen LogP contribution is 2.23. The normalized spacial score (nSPS) is 21.7. The van der Waals surface area contributed by atoms with E-state index in [9.17, 15) is 0 Å². The van der Waals surface area contributed by atoms with Gasteiger partial charge in [-0.2, -0.15) is 0 Å². The fourth-order valence-electron chi connectivity index (χ4n) is 3.50. The molecule has 146 valence electrons. The van der Waals surface area contributed by atoms with Crippen LogP contribution in [0.5, 0.6) is 0 Å². The molecule has 0 radical (unpaired) electrons. The van der Waals surface area contributed by atoms with Crippen molar-refractivity contribution >= 4 is 5.96 Å². The molecule has 1 aromatic carbocycles. The zero-order chi connectivity index (χ0) is 19.2. The van der Waals surface area contributed by atoms with Crippen LogP contribution in [0.4, 0.5) is 0 Å². The molecule has 1 aliphatic rings. The zero-order valence-electron chi connectivity index (χ0n) is 16.9. The molecule has 0 spiro atoms. The molecular weight excluding hydrogens is 336 g/mol. The molecule has 0 saturated heterocycles. The first-order valence-electron chi connectivity index (χ1n) is 10.00. The Labute approximate surface area is 162 Å². The molecule has 27 heavy (non-hydrogen) atoms. The van der Waals surface area contributed by atoms with Crippen molar-refractivity contribution in [2.45, 2.75) is 65.1 Å². The molecule has 1 unspecified atom stereocenters.